The summed E-state index contributed by atoms with van der Waals surface area (Å²) in [5.41, 5.74) is 3.80. The zero-order valence-corrected chi connectivity index (χ0v) is 16.2. The molecule has 1 N–H and O–H groups in total. The lowest BCUT2D eigenvalue weighted by Gasteiger charge is -2.20. The van der Waals surface area contributed by atoms with Gasteiger partial charge in [-0.15, -0.1) is 0 Å². The van der Waals surface area contributed by atoms with E-state index in [1.807, 2.05) is 50.2 Å². The van der Waals surface area contributed by atoms with Crippen molar-refractivity contribution in [3.8, 4) is 5.75 Å². The first kappa shape index (κ1) is 18.2. The molecule has 1 aromatic heterocycles. The van der Waals surface area contributed by atoms with Gasteiger partial charge in [0.1, 0.15) is 5.75 Å². The van der Waals surface area contributed by atoms with Crippen LogP contribution in [0.15, 0.2) is 42.5 Å². The number of para-hydroxylation sites is 2. The minimum absolute atomic E-state index is 0.0726. The maximum atomic E-state index is 12.5. The SMILES string of the molecule is Cc1cc(C)cc(OCC(=O)Nc2nc3ccccc3nc2N2CCCC2)c1. The van der Waals surface area contributed by atoms with Gasteiger partial charge < -0.3 is 15.0 Å². The second-order valence-corrected chi connectivity index (χ2v) is 7.24. The molecule has 6 heteroatoms. The fourth-order valence-corrected chi connectivity index (χ4v) is 3.56. The standard InChI is InChI=1S/C22H24N4O2/c1-15-11-16(2)13-17(12-15)28-14-20(27)25-21-22(26-9-5-6-10-26)24-19-8-4-3-7-18(19)23-21/h3-4,7-8,11-13H,5-6,9-10,14H2,1-2H3,(H,23,25,27). The smallest absolute Gasteiger partial charge is 0.263 e. The first-order valence-electron chi connectivity index (χ1n) is 9.61. The van der Waals surface area contributed by atoms with Crippen LogP contribution in [0.5, 0.6) is 5.75 Å². The van der Waals surface area contributed by atoms with Crippen molar-refractivity contribution < 1.29 is 9.53 Å². The van der Waals surface area contributed by atoms with E-state index in [4.69, 9.17) is 9.72 Å². The van der Waals surface area contributed by atoms with Gasteiger partial charge in [-0.3, -0.25) is 4.79 Å². The molecule has 1 amide bonds. The Morgan fingerprint density at radius 1 is 1.04 bits per heavy atom. The van der Waals surface area contributed by atoms with E-state index in [0.717, 1.165) is 53.9 Å². The van der Waals surface area contributed by atoms with Crippen molar-refractivity contribution >= 4 is 28.6 Å². The van der Waals surface area contributed by atoms with Gasteiger partial charge in [-0.2, -0.15) is 0 Å². The molecule has 1 saturated heterocycles. The average molecular weight is 376 g/mol. The van der Waals surface area contributed by atoms with Gasteiger partial charge in [-0.1, -0.05) is 18.2 Å². The van der Waals surface area contributed by atoms with Crippen molar-refractivity contribution in [2.75, 3.05) is 29.9 Å². The van der Waals surface area contributed by atoms with E-state index in [9.17, 15) is 4.79 Å². The Bertz CT molecular complexity index is 992. The maximum absolute atomic E-state index is 12.5. The number of nitrogens with one attached hydrogen (secondary N) is 1. The zero-order valence-electron chi connectivity index (χ0n) is 16.2. The van der Waals surface area contributed by atoms with E-state index < -0.39 is 0 Å². The Morgan fingerprint density at radius 3 is 2.36 bits per heavy atom. The maximum Gasteiger partial charge on any atom is 0.263 e. The van der Waals surface area contributed by atoms with E-state index in [0.29, 0.717) is 11.6 Å². The van der Waals surface area contributed by atoms with Crippen molar-refractivity contribution in [2.24, 2.45) is 0 Å². The lowest BCUT2D eigenvalue weighted by Crippen LogP contribution is -2.25. The normalized spacial score (nSPS) is 13.7. The average Bonchev–Trinajstić information content (AvgIpc) is 3.20. The molecule has 0 atom stereocenters. The molecule has 1 fully saturated rings. The van der Waals surface area contributed by atoms with Gasteiger partial charge in [0.25, 0.3) is 5.91 Å². The van der Waals surface area contributed by atoms with Gasteiger partial charge in [0.2, 0.25) is 0 Å². The summed E-state index contributed by atoms with van der Waals surface area (Å²) in [6.07, 6.45) is 2.25. The van der Waals surface area contributed by atoms with Gasteiger partial charge >= 0.3 is 0 Å². The van der Waals surface area contributed by atoms with Gasteiger partial charge in [0.15, 0.2) is 18.2 Å². The summed E-state index contributed by atoms with van der Waals surface area (Å²) < 4.78 is 5.68. The molecular formula is C22H24N4O2. The monoisotopic (exact) mass is 376 g/mol. The Kier molecular flexibility index (Phi) is 5.10. The second-order valence-electron chi connectivity index (χ2n) is 7.24. The summed E-state index contributed by atoms with van der Waals surface area (Å²) >= 11 is 0. The summed E-state index contributed by atoms with van der Waals surface area (Å²) in [7, 11) is 0. The molecule has 1 aliphatic rings. The Labute approximate surface area is 164 Å². The van der Waals surface area contributed by atoms with Crippen LogP contribution >= 0.6 is 0 Å². The highest BCUT2D eigenvalue weighted by atomic mass is 16.5. The Morgan fingerprint density at radius 2 is 1.68 bits per heavy atom. The molecule has 0 saturated carbocycles. The number of carbonyl (C=O) groups is 1. The topological polar surface area (TPSA) is 67.3 Å². The van der Waals surface area contributed by atoms with Crippen LogP contribution in [0, 0.1) is 13.8 Å². The minimum Gasteiger partial charge on any atom is -0.484 e. The molecule has 2 heterocycles. The molecule has 0 radical (unpaired) electrons. The van der Waals surface area contributed by atoms with Crippen LogP contribution in [0.4, 0.5) is 11.6 Å². The Hall–Kier alpha value is -3.15. The van der Waals surface area contributed by atoms with Crippen LogP contribution in [0.2, 0.25) is 0 Å². The van der Waals surface area contributed by atoms with Crippen molar-refractivity contribution in [3.63, 3.8) is 0 Å². The number of benzene rings is 2. The Balaban J connectivity index is 1.54. The lowest BCUT2D eigenvalue weighted by molar-refractivity contribution is -0.118. The highest BCUT2D eigenvalue weighted by Crippen LogP contribution is 2.27. The summed E-state index contributed by atoms with van der Waals surface area (Å²) in [6, 6.07) is 13.6. The van der Waals surface area contributed by atoms with Crippen LogP contribution < -0.4 is 15.0 Å². The summed E-state index contributed by atoms with van der Waals surface area (Å²) in [5, 5.41) is 2.90. The molecule has 0 spiro atoms. The van der Waals surface area contributed by atoms with Crippen LogP contribution in [0.25, 0.3) is 11.0 Å². The van der Waals surface area contributed by atoms with Gasteiger partial charge in [0, 0.05) is 13.1 Å². The summed E-state index contributed by atoms with van der Waals surface area (Å²) in [6.45, 7) is 5.79. The molecule has 0 aliphatic carbocycles. The number of fused-ring (bicyclic) bond motifs is 1. The number of aryl methyl sites for hydroxylation is 2. The third-order valence-electron chi connectivity index (χ3n) is 4.78. The number of nitrogens with zero attached hydrogens (tertiary/aromatic N) is 3. The van der Waals surface area contributed by atoms with E-state index in [1.54, 1.807) is 0 Å². The second kappa shape index (κ2) is 7.84. The fourth-order valence-electron chi connectivity index (χ4n) is 3.56. The molecule has 144 valence electrons. The molecule has 0 unspecified atom stereocenters. The number of hydrogen-bond acceptors (Lipinski definition) is 5. The van der Waals surface area contributed by atoms with Crippen LogP contribution in [-0.4, -0.2) is 35.6 Å². The van der Waals surface area contributed by atoms with Gasteiger partial charge in [-0.25, -0.2) is 9.97 Å². The van der Waals surface area contributed by atoms with Crippen LogP contribution in [0.3, 0.4) is 0 Å². The number of aromatic nitrogens is 2. The van der Waals surface area contributed by atoms with Crippen molar-refractivity contribution in [1.82, 2.24) is 9.97 Å². The predicted molar refractivity (Wildman–Crippen MR) is 111 cm³/mol. The third kappa shape index (κ3) is 4.06. The third-order valence-corrected chi connectivity index (χ3v) is 4.78. The molecule has 2 aromatic carbocycles. The number of amides is 1. The van der Waals surface area contributed by atoms with Crippen molar-refractivity contribution in [1.29, 1.82) is 0 Å². The first-order chi connectivity index (χ1) is 13.6. The van der Waals surface area contributed by atoms with Crippen molar-refractivity contribution in [3.05, 3.63) is 53.6 Å². The van der Waals surface area contributed by atoms with E-state index in [-0.39, 0.29) is 12.5 Å². The number of rotatable bonds is 5. The first-order valence-corrected chi connectivity index (χ1v) is 9.61. The number of anilines is 2. The van der Waals surface area contributed by atoms with Gasteiger partial charge in [-0.05, 0) is 62.1 Å². The lowest BCUT2D eigenvalue weighted by atomic mass is 10.1. The highest BCUT2D eigenvalue weighted by Gasteiger charge is 2.20. The molecule has 0 bridgehead atoms. The van der Waals surface area contributed by atoms with Gasteiger partial charge in [0.05, 0.1) is 11.0 Å². The minimum atomic E-state index is -0.246. The number of ether oxygens (including phenoxy) is 1. The molecular weight excluding hydrogens is 352 g/mol. The quantitative estimate of drug-likeness (QED) is 0.732. The van der Waals surface area contributed by atoms with E-state index >= 15 is 0 Å². The van der Waals surface area contributed by atoms with E-state index in [2.05, 4.69) is 21.3 Å². The summed E-state index contributed by atoms with van der Waals surface area (Å²) in [5.74, 6) is 1.67. The number of carbonyl (C=O) groups excluding carboxylic acids is 1. The highest BCUT2D eigenvalue weighted by molar-refractivity contribution is 5.95. The summed E-state index contributed by atoms with van der Waals surface area (Å²) in [4.78, 5) is 24.1. The zero-order chi connectivity index (χ0) is 19.5. The van der Waals surface area contributed by atoms with E-state index in [1.165, 1.54) is 0 Å². The largest absolute Gasteiger partial charge is 0.484 e. The predicted octanol–water partition coefficient (Wildman–Crippen LogP) is 3.86. The van der Waals surface area contributed by atoms with Crippen molar-refractivity contribution in [2.45, 2.75) is 26.7 Å². The number of hydrogen-bond donors (Lipinski definition) is 1. The molecule has 1 aliphatic heterocycles. The fraction of sp³-hybridized carbons (Fsp3) is 0.318. The molecule has 28 heavy (non-hydrogen) atoms. The molecule has 3 aromatic rings. The molecule has 4 rings (SSSR count). The van der Waals surface area contributed by atoms with Crippen LogP contribution in [-0.2, 0) is 4.79 Å². The van der Waals surface area contributed by atoms with Crippen LogP contribution in [0.1, 0.15) is 24.0 Å². The molecule has 6 nitrogen and oxygen atoms in total.